The third kappa shape index (κ3) is 5.00. The molecule has 1 heterocycles. The van der Waals surface area contributed by atoms with Gasteiger partial charge in [0.15, 0.2) is 0 Å². The van der Waals surface area contributed by atoms with E-state index in [-0.39, 0.29) is 17.5 Å². The van der Waals surface area contributed by atoms with Gasteiger partial charge < -0.3 is 9.84 Å². The van der Waals surface area contributed by atoms with E-state index in [0.717, 1.165) is 44.3 Å². The molecule has 1 aliphatic carbocycles. The molecule has 1 saturated carbocycles. The molecule has 3 aromatic rings. The lowest BCUT2D eigenvalue weighted by Gasteiger charge is -2.38. The Balaban J connectivity index is 1.25. The van der Waals surface area contributed by atoms with Crippen LogP contribution >= 0.6 is 0 Å². The van der Waals surface area contributed by atoms with Crippen molar-refractivity contribution < 1.29 is 19.0 Å². The maximum Gasteiger partial charge on any atom is 0.338 e. The van der Waals surface area contributed by atoms with Gasteiger partial charge in [-0.3, -0.25) is 4.90 Å². The summed E-state index contributed by atoms with van der Waals surface area (Å²) in [7, 11) is 0. The number of aromatic carboxylic acids is 1. The fourth-order valence-electron chi connectivity index (χ4n) is 5.04. The minimum absolute atomic E-state index is 0.225. The van der Waals surface area contributed by atoms with E-state index in [1.165, 1.54) is 23.3 Å². The van der Waals surface area contributed by atoms with Crippen molar-refractivity contribution in [2.75, 3.05) is 19.7 Å². The van der Waals surface area contributed by atoms with Crippen LogP contribution in [0.1, 0.15) is 64.7 Å². The number of rotatable bonds is 8. The molecule has 0 radical (unpaired) electrons. The number of carbonyl (C=O) groups is 1. The summed E-state index contributed by atoms with van der Waals surface area (Å²) in [4.78, 5) is 13.9. The lowest BCUT2D eigenvalue weighted by Crippen LogP contribution is -2.38. The molecular formula is C29H30FNO3. The van der Waals surface area contributed by atoms with Crippen molar-refractivity contribution in [2.45, 2.75) is 37.6 Å². The highest BCUT2D eigenvalue weighted by molar-refractivity contribution is 5.88. The Morgan fingerprint density at radius 2 is 1.53 bits per heavy atom. The van der Waals surface area contributed by atoms with Gasteiger partial charge in [0.1, 0.15) is 11.6 Å². The number of ether oxygens (including phenoxy) is 1. The van der Waals surface area contributed by atoms with E-state index in [9.17, 15) is 14.3 Å². The fourth-order valence-corrected chi connectivity index (χ4v) is 5.04. The first-order chi connectivity index (χ1) is 16.6. The van der Waals surface area contributed by atoms with Crippen LogP contribution in [0.15, 0.2) is 72.8 Å². The van der Waals surface area contributed by atoms with E-state index in [1.54, 1.807) is 0 Å². The molecule has 5 rings (SSSR count). The van der Waals surface area contributed by atoms with Crippen molar-refractivity contribution in [3.05, 3.63) is 101 Å². The van der Waals surface area contributed by atoms with E-state index in [0.29, 0.717) is 18.3 Å². The second-order valence-electron chi connectivity index (χ2n) is 9.46. The van der Waals surface area contributed by atoms with Crippen LogP contribution in [0.25, 0.3) is 0 Å². The monoisotopic (exact) mass is 459 g/mol. The molecule has 1 aliphatic heterocycles. The molecule has 3 aromatic carbocycles. The van der Waals surface area contributed by atoms with Crippen molar-refractivity contribution in [1.29, 1.82) is 0 Å². The van der Waals surface area contributed by atoms with Crippen LogP contribution in [-0.4, -0.2) is 35.7 Å². The SMILES string of the molecule is O=C(O)c1cc(C2CC2)c(OCC2CCN(C(c3ccccc3)c3ccccc3)CC2)cc1F. The van der Waals surface area contributed by atoms with Crippen molar-refractivity contribution in [3.63, 3.8) is 0 Å². The Morgan fingerprint density at radius 1 is 0.941 bits per heavy atom. The molecule has 176 valence electrons. The zero-order valence-electron chi connectivity index (χ0n) is 19.2. The van der Waals surface area contributed by atoms with E-state index in [1.807, 2.05) is 0 Å². The maximum atomic E-state index is 14.3. The molecule has 0 spiro atoms. The van der Waals surface area contributed by atoms with Crippen LogP contribution in [0.3, 0.4) is 0 Å². The number of nitrogens with zero attached hydrogens (tertiary/aromatic N) is 1. The van der Waals surface area contributed by atoms with E-state index in [2.05, 4.69) is 65.6 Å². The minimum atomic E-state index is -1.23. The zero-order valence-corrected chi connectivity index (χ0v) is 19.2. The van der Waals surface area contributed by atoms with Crippen LogP contribution in [0.2, 0.25) is 0 Å². The maximum absolute atomic E-state index is 14.3. The number of benzene rings is 3. The summed E-state index contributed by atoms with van der Waals surface area (Å²) in [5.74, 6) is -0.773. The van der Waals surface area contributed by atoms with Crippen molar-refractivity contribution in [3.8, 4) is 5.75 Å². The van der Waals surface area contributed by atoms with Crippen molar-refractivity contribution in [2.24, 2.45) is 5.92 Å². The van der Waals surface area contributed by atoms with E-state index >= 15 is 0 Å². The number of halogens is 1. The number of hydrogen-bond acceptors (Lipinski definition) is 3. The average Bonchev–Trinajstić information content (AvgIpc) is 3.70. The van der Waals surface area contributed by atoms with Crippen LogP contribution in [0, 0.1) is 11.7 Å². The second-order valence-corrected chi connectivity index (χ2v) is 9.46. The molecule has 4 nitrogen and oxygen atoms in total. The Kier molecular flexibility index (Phi) is 6.63. The fraction of sp³-hybridized carbons (Fsp3) is 0.345. The van der Waals surface area contributed by atoms with Crippen molar-refractivity contribution >= 4 is 5.97 Å². The molecule has 0 unspecified atom stereocenters. The first kappa shape index (κ1) is 22.6. The Labute approximate surface area is 200 Å². The van der Waals surface area contributed by atoms with Crippen molar-refractivity contribution in [1.82, 2.24) is 4.90 Å². The van der Waals surface area contributed by atoms with Gasteiger partial charge >= 0.3 is 5.97 Å². The summed E-state index contributed by atoms with van der Waals surface area (Å²) >= 11 is 0. The summed E-state index contributed by atoms with van der Waals surface area (Å²) in [5.41, 5.74) is 3.16. The van der Waals surface area contributed by atoms with E-state index < -0.39 is 11.8 Å². The smallest absolute Gasteiger partial charge is 0.338 e. The lowest BCUT2D eigenvalue weighted by atomic mass is 9.91. The number of carboxylic acids is 1. The Bertz CT molecular complexity index is 1080. The first-order valence-electron chi connectivity index (χ1n) is 12.1. The number of piperidine rings is 1. The van der Waals surface area contributed by atoms with Gasteiger partial charge in [-0.05, 0) is 73.4 Å². The quantitative estimate of drug-likeness (QED) is 0.431. The summed E-state index contributed by atoms with van der Waals surface area (Å²) < 4.78 is 20.4. The minimum Gasteiger partial charge on any atom is -0.493 e. The summed E-state index contributed by atoms with van der Waals surface area (Å²) in [6.07, 6.45) is 4.01. The highest BCUT2D eigenvalue weighted by Gasteiger charge is 2.31. The molecule has 2 fully saturated rings. The van der Waals surface area contributed by atoms with E-state index in [4.69, 9.17) is 4.74 Å². The Hall–Kier alpha value is -3.18. The molecule has 0 atom stereocenters. The first-order valence-corrected chi connectivity index (χ1v) is 12.1. The van der Waals surface area contributed by atoms with Crippen LogP contribution in [0.5, 0.6) is 5.75 Å². The van der Waals surface area contributed by atoms with Gasteiger partial charge in [0, 0.05) is 6.07 Å². The molecule has 0 aromatic heterocycles. The zero-order chi connectivity index (χ0) is 23.5. The predicted octanol–water partition coefficient (Wildman–Crippen LogP) is 6.28. The topological polar surface area (TPSA) is 49.8 Å². The number of hydrogen-bond donors (Lipinski definition) is 1. The number of carboxylic acid groups (broad SMARTS) is 1. The van der Waals surface area contributed by atoms with Gasteiger partial charge in [-0.1, -0.05) is 60.7 Å². The molecule has 1 saturated heterocycles. The van der Waals surface area contributed by atoms with Gasteiger partial charge in [0.25, 0.3) is 0 Å². The van der Waals surface area contributed by atoms with Gasteiger partial charge in [-0.2, -0.15) is 0 Å². The summed E-state index contributed by atoms with van der Waals surface area (Å²) in [6, 6.07) is 24.2. The van der Waals surface area contributed by atoms with Gasteiger partial charge in [-0.25, -0.2) is 9.18 Å². The third-order valence-corrected chi connectivity index (χ3v) is 7.07. The molecule has 0 amide bonds. The highest BCUT2D eigenvalue weighted by atomic mass is 19.1. The lowest BCUT2D eigenvalue weighted by molar-refractivity contribution is 0.0691. The largest absolute Gasteiger partial charge is 0.493 e. The molecule has 1 N–H and O–H groups in total. The number of likely N-dealkylation sites (tertiary alicyclic amines) is 1. The molecular weight excluding hydrogens is 429 g/mol. The third-order valence-electron chi connectivity index (χ3n) is 7.07. The normalized spacial score (nSPS) is 17.1. The van der Waals surface area contributed by atoms with Crippen LogP contribution in [0.4, 0.5) is 4.39 Å². The van der Waals surface area contributed by atoms with Crippen LogP contribution in [-0.2, 0) is 0 Å². The highest BCUT2D eigenvalue weighted by Crippen LogP contribution is 2.45. The van der Waals surface area contributed by atoms with Gasteiger partial charge in [0.2, 0.25) is 0 Å². The molecule has 2 aliphatic rings. The standard InChI is InChI=1S/C29H30FNO3/c30-26-18-27(24(21-11-12-21)17-25(26)29(32)33)34-19-20-13-15-31(16-14-20)28(22-7-3-1-4-8-22)23-9-5-2-6-10-23/h1-10,17-18,20-21,28H,11-16,19H2,(H,32,33). The van der Waals surface area contributed by atoms with Crippen LogP contribution < -0.4 is 4.74 Å². The summed E-state index contributed by atoms with van der Waals surface area (Å²) in [5, 5.41) is 9.27. The predicted molar refractivity (Wildman–Crippen MR) is 130 cm³/mol. The second kappa shape index (κ2) is 9.98. The Morgan fingerprint density at radius 3 is 2.06 bits per heavy atom. The molecule has 0 bridgehead atoms. The average molecular weight is 460 g/mol. The summed E-state index contributed by atoms with van der Waals surface area (Å²) in [6.45, 7) is 2.45. The molecule has 34 heavy (non-hydrogen) atoms. The van der Waals surface area contributed by atoms with Gasteiger partial charge in [0.05, 0.1) is 18.2 Å². The molecule has 5 heteroatoms. The van der Waals surface area contributed by atoms with Gasteiger partial charge in [-0.15, -0.1) is 0 Å².